The van der Waals surface area contributed by atoms with Gasteiger partial charge in [0.2, 0.25) is 0 Å². The molecule has 0 aromatic heterocycles. The Morgan fingerprint density at radius 2 is 1.83 bits per heavy atom. The van der Waals surface area contributed by atoms with E-state index in [1.54, 1.807) is 0 Å². The monoisotopic (exact) mass is 255 g/mol. The van der Waals surface area contributed by atoms with E-state index < -0.39 is 0 Å². The summed E-state index contributed by atoms with van der Waals surface area (Å²) in [4.78, 5) is 0. The SMILES string of the molecule is CC(C)COCCNC1CCCCC1C(C)(C)C. The van der Waals surface area contributed by atoms with Gasteiger partial charge in [0.05, 0.1) is 6.61 Å². The summed E-state index contributed by atoms with van der Waals surface area (Å²) in [7, 11) is 0. The quantitative estimate of drug-likeness (QED) is 0.728. The smallest absolute Gasteiger partial charge is 0.0591 e. The molecule has 2 nitrogen and oxygen atoms in total. The first-order chi connectivity index (χ1) is 8.41. The molecule has 0 saturated heterocycles. The van der Waals surface area contributed by atoms with Crippen molar-refractivity contribution in [1.29, 1.82) is 0 Å². The second kappa shape index (κ2) is 7.49. The van der Waals surface area contributed by atoms with Crippen LogP contribution < -0.4 is 5.32 Å². The van der Waals surface area contributed by atoms with Crippen molar-refractivity contribution in [3.05, 3.63) is 0 Å². The first-order valence-electron chi connectivity index (χ1n) is 7.72. The number of rotatable bonds is 6. The van der Waals surface area contributed by atoms with Crippen molar-refractivity contribution in [3.8, 4) is 0 Å². The zero-order chi connectivity index (χ0) is 13.6. The highest BCUT2D eigenvalue weighted by molar-refractivity contribution is 4.88. The van der Waals surface area contributed by atoms with Crippen LogP contribution in [0.15, 0.2) is 0 Å². The lowest BCUT2D eigenvalue weighted by Crippen LogP contribution is -2.45. The van der Waals surface area contributed by atoms with Crippen molar-refractivity contribution in [2.24, 2.45) is 17.3 Å². The van der Waals surface area contributed by atoms with Crippen LogP contribution in [0, 0.1) is 17.3 Å². The number of nitrogens with one attached hydrogen (secondary N) is 1. The molecule has 0 heterocycles. The highest BCUT2D eigenvalue weighted by Crippen LogP contribution is 2.37. The molecule has 0 spiro atoms. The predicted octanol–water partition coefficient (Wildman–Crippen LogP) is 3.85. The van der Waals surface area contributed by atoms with E-state index in [4.69, 9.17) is 4.74 Å². The largest absolute Gasteiger partial charge is 0.380 e. The average molecular weight is 255 g/mol. The normalized spacial score (nSPS) is 25.7. The Bertz CT molecular complexity index is 220. The van der Waals surface area contributed by atoms with Gasteiger partial charge in [0.15, 0.2) is 0 Å². The van der Waals surface area contributed by atoms with Gasteiger partial charge in [-0.1, -0.05) is 47.5 Å². The zero-order valence-electron chi connectivity index (χ0n) is 13.1. The maximum Gasteiger partial charge on any atom is 0.0591 e. The van der Waals surface area contributed by atoms with Crippen LogP contribution in [0.25, 0.3) is 0 Å². The van der Waals surface area contributed by atoms with Crippen LogP contribution in [-0.4, -0.2) is 25.8 Å². The van der Waals surface area contributed by atoms with Crippen LogP contribution >= 0.6 is 0 Å². The van der Waals surface area contributed by atoms with Crippen molar-refractivity contribution < 1.29 is 4.74 Å². The minimum Gasteiger partial charge on any atom is -0.380 e. The number of hydrogen-bond acceptors (Lipinski definition) is 2. The fourth-order valence-corrected chi connectivity index (χ4v) is 3.05. The van der Waals surface area contributed by atoms with Crippen LogP contribution in [0.2, 0.25) is 0 Å². The van der Waals surface area contributed by atoms with E-state index >= 15 is 0 Å². The first-order valence-corrected chi connectivity index (χ1v) is 7.72. The summed E-state index contributed by atoms with van der Waals surface area (Å²) in [5, 5.41) is 3.73. The highest BCUT2D eigenvalue weighted by atomic mass is 16.5. The van der Waals surface area contributed by atoms with E-state index in [2.05, 4.69) is 39.9 Å². The minimum absolute atomic E-state index is 0.427. The Morgan fingerprint density at radius 1 is 1.17 bits per heavy atom. The minimum atomic E-state index is 0.427. The molecule has 1 rings (SSSR count). The molecule has 0 aromatic carbocycles. The molecule has 2 unspecified atom stereocenters. The highest BCUT2D eigenvalue weighted by Gasteiger charge is 2.33. The van der Waals surface area contributed by atoms with Gasteiger partial charge in [0, 0.05) is 19.2 Å². The Hall–Kier alpha value is -0.0800. The first kappa shape index (κ1) is 16.0. The molecule has 0 aliphatic heterocycles. The summed E-state index contributed by atoms with van der Waals surface area (Å²) in [5.41, 5.74) is 0.427. The molecule has 0 bridgehead atoms. The molecular weight excluding hydrogens is 222 g/mol. The number of ether oxygens (including phenoxy) is 1. The van der Waals surface area contributed by atoms with E-state index in [9.17, 15) is 0 Å². The second-order valence-corrected chi connectivity index (χ2v) is 7.29. The third-order valence-corrected chi connectivity index (χ3v) is 3.98. The lowest BCUT2D eigenvalue weighted by atomic mass is 9.69. The molecule has 1 saturated carbocycles. The molecule has 1 aliphatic carbocycles. The fraction of sp³-hybridized carbons (Fsp3) is 1.00. The van der Waals surface area contributed by atoms with Crippen molar-refractivity contribution in [2.45, 2.75) is 66.3 Å². The van der Waals surface area contributed by atoms with Crippen molar-refractivity contribution in [2.75, 3.05) is 19.8 Å². The summed E-state index contributed by atoms with van der Waals surface area (Å²) in [6.45, 7) is 14.3. The molecule has 0 amide bonds. The molecule has 0 aromatic rings. The molecule has 1 aliphatic rings. The van der Waals surface area contributed by atoms with Gasteiger partial charge in [-0.25, -0.2) is 0 Å². The molecule has 1 N–H and O–H groups in total. The van der Waals surface area contributed by atoms with Gasteiger partial charge in [-0.15, -0.1) is 0 Å². The lowest BCUT2D eigenvalue weighted by molar-refractivity contribution is 0.0929. The Morgan fingerprint density at radius 3 is 2.44 bits per heavy atom. The van der Waals surface area contributed by atoms with Crippen molar-refractivity contribution in [1.82, 2.24) is 5.32 Å². The standard InChI is InChI=1S/C16H33NO/c1-13(2)12-18-11-10-17-15-9-7-6-8-14(15)16(3,4)5/h13-15,17H,6-12H2,1-5H3. The van der Waals surface area contributed by atoms with Crippen LogP contribution in [-0.2, 0) is 4.74 Å². The fourth-order valence-electron chi connectivity index (χ4n) is 3.05. The molecule has 18 heavy (non-hydrogen) atoms. The Balaban J connectivity index is 2.26. The van der Waals surface area contributed by atoms with Crippen molar-refractivity contribution >= 4 is 0 Å². The summed E-state index contributed by atoms with van der Waals surface area (Å²) in [5.74, 6) is 1.46. The molecule has 108 valence electrons. The van der Waals surface area contributed by atoms with E-state index in [1.165, 1.54) is 25.7 Å². The van der Waals surface area contributed by atoms with E-state index in [0.717, 1.165) is 25.7 Å². The maximum atomic E-state index is 5.64. The van der Waals surface area contributed by atoms with Gasteiger partial charge in [-0.05, 0) is 30.1 Å². The van der Waals surface area contributed by atoms with Gasteiger partial charge in [-0.3, -0.25) is 0 Å². The van der Waals surface area contributed by atoms with Gasteiger partial charge < -0.3 is 10.1 Å². The molecule has 2 atom stereocenters. The lowest BCUT2D eigenvalue weighted by Gasteiger charge is -2.41. The van der Waals surface area contributed by atoms with Crippen LogP contribution in [0.3, 0.4) is 0 Å². The summed E-state index contributed by atoms with van der Waals surface area (Å²) in [6, 6.07) is 0.696. The van der Waals surface area contributed by atoms with E-state index in [-0.39, 0.29) is 0 Å². The topological polar surface area (TPSA) is 21.3 Å². The molecular formula is C16H33NO. The Kier molecular flexibility index (Phi) is 6.65. The Labute approximate surface area is 114 Å². The average Bonchev–Trinajstić information content (AvgIpc) is 2.27. The molecule has 1 fully saturated rings. The second-order valence-electron chi connectivity index (χ2n) is 7.29. The van der Waals surface area contributed by atoms with Crippen LogP contribution in [0.1, 0.15) is 60.3 Å². The third-order valence-electron chi connectivity index (χ3n) is 3.98. The summed E-state index contributed by atoms with van der Waals surface area (Å²) < 4.78 is 5.64. The van der Waals surface area contributed by atoms with Gasteiger partial charge >= 0.3 is 0 Å². The number of hydrogen-bond donors (Lipinski definition) is 1. The summed E-state index contributed by atoms with van der Waals surface area (Å²) in [6.07, 6.45) is 5.52. The van der Waals surface area contributed by atoms with Gasteiger partial charge in [0.1, 0.15) is 0 Å². The molecule has 0 radical (unpaired) electrons. The van der Waals surface area contributed by atoms with E-state index in [0.29, 0.717) is 17.4 Å². The maximum absolute atomic E-state index is 5.64. The van der Waals surface area contributed by atoms with Crippen LogP contribution in [0.5, 0.6) is 0 Å². The molecule has 2 heteroatoms. The van der Waals surface area contributed by atoms with Crippen molar-refractivity contribution in [3.63, 3.8) is 0 Å². The van der Waals surface area contributed by atoms with E-state index in [1.807, 2.05) is 0 Å². The van der Waals surface area contributed by atoms with Gasteiger partial charge in [0.25, 0.3) is 0 Å². The van der Waals surface area contributed by atoms with Crippen LogP contribution in [0.4, 0.5) is 0 Å². The third kappa shape index (κ3) is 5.71. The predicted molar refractivity (Wildman–Crippen MR) is 78.9 cm³/mol. The van der Waals surface area contributed by atoms with Gasteiger partial charge in [-0.2, -0.15) is 0 Å². The zero-order valence-corrected chi connectivity index (χ0v) is 13.1. The summed E-state index contributed by atoms with van der Waals surface area (Å²) >= 11 is 0.